The molecule has 0 aromatic heterocycles. The van der Waals surface area contributed by atoms with Gasteiger partial charge in [-0.25, -0.2) is 13.2 Å². The van der Waals surface area contributed by atoms with Crippen LogP contribution in [0.2, 0.25) is 0 Å². The minimum absolute atomic E-state index is 0.0587. The molecule has 0 heterocycles. The Morgan fingerprint density at radius 2 is 1.61 bits per heavy atom. The third-order valence-corrected chi connectivity index (χ3v) is 2.21. The first-order valence-corrected chi connectivity index (χ1v) is 5.52. The fourth-order valence-electron chi connectivity index (χ4n) is 1.34. The quantitative estimate of drug-likeness (QED) is 0.816. The van der Waals surface area contributed by atoms with Crippen molar-refractivity contribution >= 4 is 11.6 Å². The van der Waals surface area contributed by atoms with Crippen LogP contribution in [0.4, 0.5) is 18.9 Å². The molecular weight excluding hydrogens is 245 g/mol. The van der Waals surface area contributed by atoms with Gasteiger partial charge in [0.1, 0.15) is 11.9 Å². The van der Waals surface area contributed by atoms with Crippen LogP contribution in [0, 0.1) is 17.5 Å². The number of carbonyl (C=O) groups excluding carboxylic acids is 1. The van der Waals surface area contributed by atoms with E-state index in [0.717, 1.165) is 0 Å². The van der Waals surface area contributed by atoms with E-state index >= 15 is 0 Å². The Morgan fingerprint density at radius 1 is 1.06 bits per heavy atom. The Hall–Kier alpha value is -1.72. The Bertz CT molecular complexity index is 449. The van der Waals surface area contributed by atoms with Gasteiger partial charge in [0.15, 0.2) is 11.6 Å². The first-order chi connectivity index (χ1) is 8.31. The SMILES string of the molecule is CC(C)NC(=O)C(C)Nc1cc(F)c(F)cc1F. The van der Waals surface area contributed by atoms with Gasteiger partial charge in [0.05, 0.1) is 5.69 Å². The molecule has 0 aliphatic rings. The standard InChI is InChI=1S/C12H15F3N2O/c1-6(2)16-12(18)7(3)17-11-5-9(14)8(13)4-10(11)15/h4-7,17H,1-3H3,(H,16,18). The largest absolute Gasteiger partial charge is 0.371 e. The highest BCUT2D eigenvalue weighted by atomic mass is 19.2. The van der Waals surface area contributed by atoms with Crippen LogP contribution in [0.25, 0.3) is 0 Å². The van der Waals surface area contributed by atoms with Crippen molar-refractivity contribution in [1.29, 1.82) is 0 Å². The summed E-state index contributed by atoms with van der Waals surface area (Å²) in [5, 5.41) is 5.11. The number of hydrogen-bond acceptors (Lipinski definition) is 2. The topological polar surface area (TPSA) is 41.1 Å². The molecule has 0 fully saturated rings. The molecule has 0 saturated heterocycles. The van der Waals surface area contributed by atoms with Crippen molar-refractivity contribution in [2.45, 2.75) is 32.9 Å². The highest BCUT2D eigenvalue weighted by Gasteiger charge is 2.16. The second kappa shape index (κ2) is 5.75. The van der Waals surface area contributed by atoms with Crippen molar-refractivity contribution in [3.63, 3.8) is 0 Å². The van der Waals surface area contributed by atoms with Gasteiger partial charge in [-0.1, -0.05) is 0 Å². The first kappa shape index (κ1) is 14.3. The molecule has 0 aliphatic heterocycles. The van der Waals surface area contributed by atoms with Gasteiger partial charge in [-0.3, -0.25) is 4.79 Å². The van der Waals surface area contributed by atoms with Gasteiger partial charge in [-0.05, 0) is 20.8 Å². The molecule has 2 N–H and O–H groups in total. The highest BCUT2D eigenvalue weighted by molar-refractivity contribution is 5.84. The summed E-state index contributed by atoms with van der Waals surface area (Å²) in [7, 11) is 0. The minimum Gasteiger partial charge on any atom is -0.371 e. The third kappa shape index (κ3) is 3.65. The normalized spacial score (nSPS) is 12.4. The van der Waals surface area contributed by atoms with Gasteiger partial charge in [0.25, 0.3) is 0 Å². The van der Waals surface area contributed by atoms with Gasteiger partial charge < -0.3 is 10.6 Å². The third-order valence-electron chi connectivity index (χ3n) is 2.21. The van der Waals surface area contributed by atoms with Crippen LogP contribution >= 0.6 is 0 Å². The van der Waals surface area contributed by atoms with Crippen LogP contribution < -0.4 is 10.6 Å². The maximum absolute atomic E-state index is 13.3. The Balaban J connectivity index is 2.79. The maximum atomic E-state index is 13.3. The zero-order valence-electron chi connectivity index (χ0n) is 10.4. The molecule has 0 radical (unpaired) electrons. The van der Waals surface area contributed by atoms with Crippen molar-refractivity contribution in [1.82, 2.24) is 5.32 Å². The van der Waals surface area contributed by atoms with Crippen LogP contribution in [0.3, 0.4) is 0 Å². The Morgan fingerprint density at radius 3 is 2.17 bits per heavy atom. The number of amides is 1. The smallest absolute Gasteiger partial charge is 0.242 e. The van der Waals surface area contributed by atoms with Gasteiger partial charge in [-0.15, -0.1) is 0 Å². The number of nitrogens with one attached hydrogen (secondary N) is 2. The number of rotatable bonds is 4. The molecule has 6 heteroatoms. The van der Waals surface area contributed by atoms with E-state index in [2.05, 4.69) is 10.6 Å². The molecule has 1 unspecified atom stereocenters. The lowest BCUT2D eigenvalue weighted by atomic mass is 10.2. The fraction of sp³-hybridized carbons (Fsp3) is 0.417. The average Bonchev–Trinajstić information content (AvgIpc) is 2.24. The van der Waals surface area contributed by atoms with E-state index in [4.69, 9.17) is 0 Å². The fourth-order valence-corrected chi connectivity index (χ4v) is 1.34. The van der Waals surface area contributed by atoms with E-state index in [0.29, 0.717) is 12.1 Å². The van der Waals surface area contributed by atoms with Crippen molar-refractivity contribution in [3.8, 4) is 0 Å². The number of hydrogen-bond donors (Lipinski definition) is 2. The van der Waals surface area contributed by atoms with Crippen LogP contribution in [0.1, 0.15) is 20.8 Å². The molecule has 100 valence electrons. The van der Waals surface area contributed by atoms with E-state index in [1.165, 1.54) is 6.92 Å². The Labute approximate surface area is 103 Å². The maximum Gasteiger partial charge on any atom is 0.242 e. The molecule has 0 spiro atoms. The molecule has 1 aromatic carbocycles. The summed E-state index contributed by atoms with van der Waals surface area (Å²) in [5.74, 6) is -3.74. The van der Waals surface area contributed by atoms with Crippen LogP contribution in [-0.4, -0.2) is 18.0 Å². The number of carbonyl (C=O) groups is 1. The summed E-state index contributed by atoms with van der Waals surface area (Å²) in [6.45, 7) is 5.06. The number of benzene rings is 1. The molecule has 0 aliphatic carbocycles. The summed E-state index contributed by atoms with van der Waals surface area (Å²) in [6.07, 6.45) is 0. The summed E-state index contributed by atoms with van der Waals surface area (Å²) >= 11 is 0. The lowest BCUT2D eigenvalue weighted by molar-refractivity contribution is -0.122. The van der Waals surface area contributed by atoms with Crippen molar-refractivity contribution in [3.05, 3.63) is 29.6 Å². The molecule has 0 saturated carbocycles. The molecule has 1 atom stereocenters. The molecule has 1 rings (SSSR count). The van der Waals surface area contributed by atoms with E-state index in [-0.39, 0.29) is 17.6 Å². The van der Waals surface area contributed by atoms with Crippen molar-refractivity contribution in [2.75, 3.05) is 5.32 Å². The monoisotopic (exact) mass is 260 g/mol. The van der Waals surface area contributed by atoms with Gasteiger partial charge in [0.2, 0.25) is 5.91 Å². The Kier molecular flexibility index (Phi) is 4.58. The van der Waals surface area contributed by atoms with Crippen LogP contribution in [0.5, 0.6) is 0 Å². The molecule has 1 aromatic rings. The average molecular weight is 260 g/mol. The first-order valence-electron chi connectivity index (χ1n) is 5.52. The summed E-state index contributed by atoms with van der Waals surface area (Å²) in [5.41, 5.74) is -0.250. The number of anilines is 1. The van der Waals surface area contributed by atoms with Crippen molar-refractivity contribution < 1.29 is 18.0 Å². The van der Waals surface area contributed by atoms with Gasteiger partial charge in [0, 0.05) is 18.2 Å². The molecule has 18 heavy (non-hydrogen) atoms. The van der Waals surface area contributed by atoms with Gasteiger partial charge in [-0.2, -0.15) is 0 Å². The highest BCUT2D eigenvalue weighted by Crippen LogP contribution is 2.19. The van der Waals surface area contributed by atoms with Crippen molar-refractivity contribution in [2.24, 2.45) is 0 Å². The summed E-state index contributed by atoms with van der Waals surface area (Å²) in [4.78, 5) is 11.6. The molecule has 3 nitrogen and oxygen atoms in total. The zero-order valence-corrected chi connectivity index (χ0v) is 10.4. The predicted molar refractivity (Wildman–Crippen MR) is 62.7 cm³/mol. The minimum atomic E-state index is -1.27. The second-order valence-corrected chi connectivity index (χ2v) is 4.28. The molecular formula is C12H15F3N2O. The van der Waals surface area contributed by atoms with E-state index in [1.807, 2.05) is 0 Å². The van der Waals surface area contributed by atoms with E-state index in [1.54, 1.807) is 13.8 Å². The number of halogens is 3. The second-order valence-electron chi connectivity index (χ2n) is 4.28. The summed E-state index contributed by atoms with van der Waals surface area (Å²) in [6, 6.07) is 0.303. The van der Waals surface area contributed by atoms with E-state index in [9.17, 15) is 18.0 Å². The lowest BCUT2D eigenvalue weighted by Gasteiger charge is -2.17. The van der Waals surface area contributed by atoms with E-state index < -0.39 is 23.5 Å². The molecule has 0 bridgehead atoms. The molecule has 1 amide bonds. The van der Waals surface area contributed by atoms with Crippen LogP contribution in [-0.2, 0) is 4.79 Å². The zero-order chi connectivity index (χ0) is 13.9. The predicted octanol–water partition coefficient (Wildman–Crippen LogP) is 2.43. The lowest BCUT2D eigenvalue weighted by Crippen LogP contribution is -2.41. The van der Waals surface area contributed by atoms with Gasteiger partial charge >= 0.3 is 0 Å². The van der Waals surface area contributed by atoms with Crippen LogP contribution in [0.15, 0.2) is 12.1 Å². The summed E-state index contributed by atoms with van der Waals surface area (Å²) < 4.78 is 39.0.